The van der Waals surface area contributed by atoms with Gasteiger partial charge in [-0.3, -0.25) is 19.8 Å². The van der Waals surface area contributed by atoms with E-state index in [-0.39, 0.29) is 17.9 Å². The van der Waals surface area contributed by atoms with Crippen molar-refractivity contribution in [1.29, 1.82) is 0 Å². The minimum Gasteiger partial charge on any atom is -0.314 e. The minimum absolute atomic E-state index is 0.0694. The highest BCUT2D eigenvalue weighted by Crippen LogP contribution is 2.37. The van der Waals surface area contributed by atoms with E-state index >= 15 is 0 Å². The maximum atomic E-state index is 12.2. The number of hydrogen-bond acceptors (Lipinski definition) is 4. The zero-order chi connectivity index (χ0) is 14.1. The van der Waals surface area contributed by atoms with Crippen LogP contribution in [0.2, 0.25) is 0 Å². The van der Waals surface area contributed by atoms with Crippen LogP contribution < -0.4 is 10.6 Å². The van der Waals surface area contributed by atoms with Gasteiger partial charge in [-0.15, -0.1) is 0 Å². The molecule has 3 atom stereocenters. The molecule has 3 rings (SSSR count). The molecule has 3 heterocycles. The molecule has 3 saturated heterocycles. The van der Waals surface area contributed by atoms with Gasteiger partial charge >= 0.3 is 0 Å². The average Bonchev–Trinajstić information content (AvgIpc) is 2.39. The third-order valence-electron chi connectivity index (χ3n) is 5.09. The zero-order valence-electron chi connectivity index (χ0n) is 12.2. The van der Waals surface area contributed by atoms with Gasteiger partial charge in [0, 0.05) is 24.5 Å². The Labute approximate surface area is 120 Å². The number of piperidine rings is 3. The predicted octanol–water partition coefficient (Wildman–Crippen LogP) is 0.787. The molecule has 3 aliphatic heterocycles. The number of nitrogens with zero attached hydrogens (tertiary/aromatic N) is 1. The van der Waals surface area contributed by atoms with Crippen LogP contribution in [0.5, 0.6) is 0 Å². The van der Waals surface area contributed by atoms with Crippen LogP contribution in [0.4, 0.5) is 0 Å². The summed E-state index contributed by atoms with van der Waals surface area (Å²) in [6.07, 6.45) is 7.13. The highest BCUT2D eigenvalue weighted by Gasteiger charge is 2.44. The first-order valence-electron chi connectivity index (χ1n) is 8.03. The van der Waals surface area contributed by atoms with E-state index in [1.165, 1.54) is 19.3 Å². The largest absolute Gasteiger partial charge is 0.314 e. The van der Waals surface area contributed by atoms with Gasteiger partial charge in [-0.1, -0.05) is 13.3 Å². The Morgan fingerprint density at radius 3 is 2.50 bits per heavy atom. The van der Waals surface area contributed by atoms with Crippen LogP contribution in [-0.4, -0.2) is 47.4 Å². The lowest BCUT2D eigenvalue weighted by molar-refractivity contribution is -0.142. The third kappa shape index (κ3) is 2.61. The first kappa shape index (κ1) is 14.0. The standard InChI is InChI=1S/C15H25N3O2/c1-2-16-10-8-11-4-3-5-12(9-10)18(11)13-6-7-14(19)17-15(13)20/h10-13,16H,2-9H2,1H3,(H,17,19,20). The van der Waals surface area contributed by atoms with E-state index in [0.29, 0.717) is 31.0 Å². The van der Waals surface area contributed by atoms with E-state index in [0.717, 1.165) is 19.4 Å². The van der Waals surface area contributed by atoms with Crippen molar-refractivity contribution in [1.82, 2.24) is 15.5 Å². The number of nitrogens with one attached hydrogen (secondary N) is 2. The first-order chi connectivity index (χ1) is 9.69. The molecule has 2 N–H and O–H groups in total. The van der Waals surface area contributed by atoms with Crippen LogP contribution >= 0.6 is 0 Å². The van der Waals surface area contributed by atoms with Gasteiger partial charge in [-0.25, -0.2) is 0 Å². The molecule has 2 amide bonds. The molecule has 5 heteroatoms. The Morgan fingerprint density at radius 2 is 1.90 bits per heavy atom. The lowest BCUT2D eigenvalue weighted by Gasteiger charge is -2.52. The molecule has 0 saturated carbocycles. The van der Waals surface area contributed by atoms with E-state index in [2.05, 4.69) is 22.5 Å². The smallest absolute Gasteiger partial charge is 0.243 e. The maximum absolute atomic E-state index is 12.2. The number of amides is 2. The Bertz CT molecular complexity index is 385. The molecule has 0 aliphatic carbocycles. The summed E-state index contributed by atoms with van der Waals surface area (Å²) < 4.78 is 0. The minimum atomic E-state index is -0.112. The number of carbonyl (C=O) groups excluding carboxylic acids is 2. The molecule has 0 aromatic carbocycles. The molecule has 3 fully saturated rings. The van der Waals surface area contributed by atoms with Crippen molar-refractivity contribution in [2.24, 2.45) is 0 Å². The number of imide groups is 1. The molecule has 0 spiro atoms. The number of carbonyl (C=O) groups is 2. The highest BCUT2D eigenvalue weighted by molar-refractivity contribution is 6.00. The molecule has 0 aromatic heterocycles. The van der Waals surface area contributed by atoms with Crippen LogP contribution in [0.25, 0.3) is 0 Å². The van der Waals surface area contributed by atoms with Crippen molar-refractivity contribution in [2.75, 3.05) is 6.54 Å². The normalized spacial score (nSPS) is 38.6. The van der Waals surface area contributed by atoms with Crippen molar-refractivity contribution in [3.8, 4) is 0 Å². The number of hydrogen-bond donors (Lipinski definition) is 2. The summed E-state index contributed by atoms with van der Waals surface area (Å²) >= 11 is 0. The van der Waals surface area contributed by atoms with Gasteiger partial charge in [-0.2, -0.15) is 0 Å². The summed E-state index contributed by atoms with van der Waals surface area (Å²) in [6.45, 7) is 3.17. The monoisotopic (exact) mass is 279 g/mol. The van der Waals surface area contributed by atoms with Gasteiger partial charge in [0.1, 0.15) is 0 Å². The van der Waals surface area contributed by atoms with Crippen LogP contribution in [0, 0.1) is 0 Å². The molecule has 3 aliphatic rings. The Morgan fingerprint density at radius 1 is 1.20 bits per heavy atom. The summed E-state index contributed by atoms with van der Waals surface area (Å²) in [5, 5.41) is 6.09. The van der Waals surface area contributed by atoms with E-state index in [9.17, 15) is 9.59 Å². The van der Waals surface area contributed by atoms with Crippen LogP contribution in [0.3, 0.4) is 0 Å². The second kappa shape index (κ2) is 5.82. The van der Waals surface area contributed by atoms with Gasteiger partial charge in [0.05, 0.1) is 6.04 Å². The molecule has 2 bridgehead atoms. The molecule has 112 valence electrons. The Hall–Kier alpha value is -0.940. The van der Waals surface area contributed by atoms with Crippen molar-refractivity contribution in [3.63, 3.8) is 0 Å². The summed E-state index contributed by atoms with van der Waals surface area (Å²) in [5.74, 6) is -0.181. The summed E-state index contributed by atoms with van der Waals surface area (Å²) in [4.78, 5) is 25.9. The van der Waals surface area contributed by atoms with E-state index in [4.69, 9.17) is 0 Å². The molecule has 5 nitrogen and oxygen atoms in total. The fraction of sp³-hybridized carbons (Fsp3) is 0.867. The van der Waals surface area contributed by atoms with E-state index < -0.39 is 0 Å². The topological polar surface area (TPSA) is 61.4 Å². The lowest BCUT2D eigenvalue weighted by atomic mass is 9.79. The van der Waals surface area contributed by atoms with Crippen molar-refractivity contribution in [3.05, 3.63) is 0 Å². The molecular formula is C15H25N3O2. The quantitative estimate of drug-likeness (QED) is 0.750. The molecule has 20 heavy (non-hydrogen) atoms. The van der Waals surface area contributed by atoms with Crippen LogP contribution in [-0.2, 0) is 9.59 Å². The summed E-state index contributed by atoms with van der Waals surface area (Å²) in [6, 6.07) is 1.54. The fourth-order valence-corrected chi connectivity index (χ4v) is 4.35. The summed E-state index contributed by atoms with van der Waals surface area (Å²) in [7, 11) is 0. The maximum Gasteiger partial charge on any atom is 0.243 e. The van der Waals surface area contributed by atoms with Crippen molar-refractivity contribution in [2.45, 2.75) is 76.0 Å². The SMILES string of the molecule is CCNC1CC2CCCC(C1)N2C1CCC(=O)NC1=O. The third-order valence-corrected chi connectivity index (χ3v) is 5.09. The Kier molecular flexibility index (Phi) is 4.08. The van der Waals surface area contributed by atoms with Gasteiger partial charge in [0.25, 0.3) is 0 Å². The van der Waals surface area contributed by atoms with Gasteiger partial charge in [0.15, 0.2) is 0 Å². The van der Waals surface area contributed by atoms with Gasteiger partial charge in [0.2, 0.25) is 11.8 Å². The van der Waals surface area contributed by atoms with Gasteiger partial charge < -0.3 is 5.32 Å². The predicted molar refractivity (Wildman–Crippen MR) is 76.1 cm³/mol. The molecule has 0 aromatic rings. The van der Waals surface area contributed by atoms with E-state index in [1.807, 2.05) is 0 Å². The first-order valence-corrected chi connectivity index (χ1v) is 8.03. The van der Waals surface area contributed by atoms with Crippen molar-refractivity contribution < 1.29 is 9.59 Å². The van der Waals surface area contributed by atoms with Crippen LogP contribution in [0.1, 0.15) is 51.9 Å². The van der Waals surface area contributed by atoms with Crippen molar-refractivity contribution >= 4 is 11.8 Å². The highest BCUT2D eigenvalue weighted by atomic mass is 16.2. The Balaban J connectivity index is 1.73. The zero-order valence-corrected chi connectivity index (χ0v) is 12.2. The van der Waals surface area contributed by atoms with Crippen LogP contribution in [0.15, 0.2) is 0 Å². The lowest BCUT2D eigenvalue weighted by Crippen LogP contribution is -2.64. The average molecular weight is 279 g/mol. The van der Waals surface area contributed by atoms with E-state index in [1.54, 1.807) is 0 Å². The molecule has 3 unspecified atom stereocenters. The second-order valence-electron chi connectivity index (χ2n) is 6.38. The number of rotatable bonds is 3. The fourth-order valence-electron chi connectivity index (χ4n) is 4.35. The molecule has 0 radical (unpaired) electrons. The summed E-state index contributed by atoms with van der Waals surface area (Å²) in [5.41, 5.74) is 0. The van der Waals surface area contributed by atoms with Gasteiger partial charge in [-0.05, 0) is 38.6 Å². The molecular weight excluding hydrogens is 254 g/mol. The second-order valence-corrected chi connectivity index (χ2v) is 6.38. The number of fused-ring (bicyclic) bond motifs is 2.